The second-order valence-corrected chi connectivity index (χ2v) is 6.88. The minimum Gasteiger partial charge on any atom is -0.324 e. The van der Waals surface area contributed by atoms with Crippen molar-refractivity contribution < 1.29 is 0 Å². The Morgan fingerprint density at radius 1 is 1.11 bits per heavy atom. The summed E-state index contributed by atoms with van der Waals surface area (Å²) in [5, 5.41) is 0. The van der Waals surface area contributed by atoms with Gasteiger partial charge >= 0.3 is 0 Å². The summed E-state index contributed by atoms with van der Waals surface area (Å²) in [5.41, 5.74) is 11.0. The maximum atomic E-state index is 6.32. The Morgan fingerprint density at radius 3 is 2.56 bits per heavy atom. The molecule has 0 aromatic heterocycles. The summed E-state index contributed by atoms with van der Waals surface area (Å²) in [6.07, 6.45) is 8.07. The molecule has 1 heteroatoms. The fourth-order valence-corrected chi connectivity index (χ4v) is 3.96. The summed E-state index contributed by atoms with van der Waals surface area (Å²) in [6, 6.07) is 7.39. The van der Waals surface area contributed by atoms with Gasteiger partial charge in [0.2, 0.25) is 0 Å². The van der Waals surface area contributed by atoms with E-state index in [9.17, 15) is 0 Å². The first-order chi connectivity index (χ1) is 8.58. The van der Waals surface area contributed by atoms with Gasteiger partial charge in [-0.2, -0.15) is 0 Å². The van der Waals surface area contributed by atoms with Crippen LogP contribution in [-0.4, -0.2) is 0 Å². The quantitative estimate of drug-likeness (QED) is 0.776. The fourth-order valence-electron chi connectivity index (χ4n) is 3.96. The summed E-state index contributed by atoms with van der Waals surface area (Å²) in [6.45, 7) is 4.64. The van der Waals surface area contributed by atoms with Gasteiger partial charge in [0, 0.05) is 6.04 Å². The first-order valence-corrected chi connectivity index (χ1v) is 7.48. The molecule has 0 saturated heterocycles. The van der Waals surface area contributed by atoms with E-state index in [1.165, 1.54) is 43.2 Å². The molecule has 18 heavy (non-hydrogen) atoms. The smallest absolute Gasteiger partial charge is 0.0306 e. The maximum Gasteiger partial charge on any atom is 0.0306 e. The third-order valence-corrected chi connectivity index (χ3v) is 5.01. The monoisotopic (exact) mass is 243 g/mol. The average molecular weight is 243 g/mol. The van der Waals surface area contributed by atoms with Crippen LogP contribution >= 0.6 is 0 Å². The van der Waals surface area contributed by atoms with Crippen LogP contribution in [0.4, 0.5) is 0 Å². The Hall–Kier alpha value is -0.820. The van der Waals surface area contributed by atoms with E-state index in [-0.39, 0.29) is 11.5 Å². The highest BCUT2D eigenvalue weighted by Crippen LogP contribution is 2.45. The van der Waals surface area contributed by atoms with Gasteiger partial charge in [-0.15, -0.1) is 0 Å². The van der Waals surface area contributed by atoms with Crippen molar-refractivity contribution in [2.45, 2.75) is 69.7 Å². The van der Waals surface area contributed by atoms with E-state index in [1.807, 2.05) is 0 Å². The zero-order valence-electron chi connectivity index (χ0n) is 11.7. The highest BCUT2D eigenvalue weighted by molar-refractivity contribution is 5.44. The normalized spacial score (nSPS) is 27.2. The van der Waals surface area contributed by atoms with Crippen LogP contribution in [0.5, 0.6) is 0 Å². The first-order valence-electron chi connectivity index (χ1n) is 7.48. The van der Waals surface area contributed by atoms with E-state index in [0.717, 1.165) is 12.3 Å². The number of nitrogens with two attached hydrogens (primary N) is 1. The van der Waals surface area contributed by atoms with Crippen LogP contribution in [0, 0.1) is 0 Å². The molecule has 1 fully saturated rings. The van der Waals surface area contributed by atoms with Crippen molar-refractivity contribution >= 4 is 0 Å². The number of hydrogen-bond donors (Lipinski definition) is 1. The molecule has 2 aliphatic carbocycles. The Morgan fingerprint density at radius 2 is 1.83 bits per heavy atom. The fraction of sp³-hybridized carbons (Fsp3) is 0.647. The largest absolute Gasteiger partial charge is 0.324 e. The summed E-state index contributed by atoms with van der Waals surface area (Å²) >= 11 is 0. The molecule has 0 spiro atoms. The predicted molar refractivity (Wildman–Crippen MR) is 76.8 cm³/mol. The molecule has 0 unspecified atom stereocenters. The van der Waals surface area contributed by atoms with E-state index < -0.39 is 0 Å². The van der Waals surface area contributed by atoms with Crippen molar-refractivity contribution in [2.24, 2.45) is 5.73 Å². The van der Waals surface area contributed by atoms with Gasteiger partial charge in [-0.3, -0.25) is 0 Å². The second-order valence-electron chi connectivity index (χ2n) is 6.88. The SMILES string of the molecule is CC1(C)C[C@@H](N)c2cc(C3CCCCC3)ccc21. The van der Waals surface area contributed by atoms with Crippen LogP contribution in [0.1, 0.15) is 81.0 Å². The van der Waals surface area contributed by atoms with Gasteiger partial charge in [0.1, 0.15) is 0 Å². The van der Waals surface area contributed by atoms with Gasteiger partial charge < -0.3 is 5.73 Å². The van der Waals surface area contributed by atoms with E-state index in [4.69, 9.17) is 5.73 Å². The van der Waals surface area contributed by atoms with Crippen molar-refractivity contribution in [1.29, 1.82) is 0 Å². The lowest BCUT2D eigenvalue weighted by Gasteiger charge is -2.24. The lowest BCUT2D eigenvalue weighted by atomic mass is 9.81. The van der Waals surface area contributed by atoms with Crippen LogP contribution in [0.15, 0.2) is 18.2 Å². The molecular formula is C17H25N. The Kier molecular flexibility index (Phi) is 2.97. The van der Waals surface area contributed by atoms with Crippen molar-refractivity contribution in [2.75, 3.05) is 0 Å². The average Bonchev–Trinajstić information content (AvgIpc) is 2.61. The third-order valence-electron chi connectivity index (χ3n) is 5.01. The van der Waals surface area contributed by atoms with E-state index >= 15 is 0 Å². The Balaban J connectivity index is 1.94. The lowest BCUT2D eigenvalue weighted by Crippen LogP contribution is -2.14. The van der Waals surface area contributed by atoms with E-state index in [2.05, 4.69) is 32.0 Å². The topological polar surface area (TPSA) is 26.0 Å². The molecule has 0 aliphatic heterocycles. The van der Waals surface area contributed by atoms with Crippen molar-refractivity contribution in [1.82, 2.24) is 0 Å². The molecule has 2 aliphatic rings. The van der Waals surface area contributed by atoms with Crippen molar-refractivity contribution in [3.8, 4) is 0 Å². The Labute approximate surface area is 111 Å². The predicted octanol–water partition coefficient (Wildman–Crippen LogP) is 4.42. The number of fused-ring (bicyclic) bond motifs is 1. The minimum absolute atomic E-state index is 0.249. The van der Waals surface area contributed by atoms with Crippen LogP contribution in [0.2, 0.25) is 0 Å². The molecule has 0 heterocycles. The Bertz CT molecular complexity index is 441. The molecule has 2 N–H and O–H groups in total. The molecule has 0 bridgehead atoms. The lowest BCUT2D eigenvalue weighted by molar-refractivity contribution is 0.443. The third kappa shape index (κ3) is 1.99. The highest BCUT2D eigenvalue weighted by atomic mass is 14.7. The number of rotatable bonds is 1. The molecule has 1 atom stereocenters. The van der Waals surface area contributed by atoms with Crippen LogP contribution in [-0.2, 0) is 5.41 Å². The standard InChI is InChI=1S/C17H25N/c1-17(2)11-16(18)14-10-13(8-9-15(14)17)12-6-4-3-5-7-12/h8-10,12,16H,3-7,11,18H2,1-2H3/t16-/m1/s1. The van der Waals surface area contributed by atoms with Gasteiger partial charge in [-0.25, -0.2) is 0 Å². The summed E-state index contributed by atoms with van der Waals surface area (Å²) in [5.74, 6) is 0.792. The highest BCUT2D eigenvalue weighted by Gasteiger charge is 2.35. The molecule has 98 valence electrons. The van der Waals surface area contributed by atoms with Gasteiger partial charge in [0.15, 0.2) is 0 Å². The van der Waals surface area contributed by atoms with Gasteiger partial charge in [-0.05, 0) is 47.3 Å². The first kappa shape index (κ1) is 12.2. The number of benzene rings is 1. The van der Waals surface area contributed by atoms with Gasteiger partial charge in [-0.1, -0.05) is 51.3 Å². The van der Waals surface area contributed by atoms with E-state index in [0.29, 0.717) is 0 Å². The number of hydrogen-bond acceptors (Lipinski definition) is 1. The summed E-state index contributed by atoms with van der Waals surface area (Å²) < 4.78 is 0. The van der Waals surface area contributed by atoms with Crippen LogP contribution in [0.25, 0.3) is 0 Å². The molecule has 1 aromatic rings. The zero-order chi connectivity index (χ0) is 12.8. The van der Waals surface area contributed by atoms with Gasteiger partial charge in [0.25, 0.3) is 0 Å². The van der Waals surface area contributed by atoms with E-state index in [1.54, 1.807) is 5.56 Å². The summed E-state index contributed by atoms with van der Waals surface area (Å²) in [4.78, 5) is 0. The van der Waals surface area contributed by atoms with Gasteiger partial charge in [0.05, 0.1) is 0 Å². The second kappa shape index (κ2) is 4.38. The van der Waals surface area contributed by atoms with Crippen LogP contribution < -0.4 is 5.73 Å². The molecule has 1 nitrogen and oxygen atoms in total. The van der Waals surface area contributed by atoms with Crippen LogP contribution in [0.3, 0.4) is 0 Å². The minimum atomic E-state index is 0.249. The molecule has 1 saturated carbocycles. The summed E-state index contributed by atoms with van der Waals surface area (Å²) in [7, 11) is 0. The van der Waals surface area contributed by atoms with Crippen molar-refractivity contribution in [3.05, 3.63) is 34.9 Å². The molecular weight excluding hydrogens is 218 g/mol. The molecule has 1 aromatic carbocycles. The molecule has 0 amide bonds. The molecule has 3 rings (SSSR count). The maximum absolute atomic E-state index is 6.32. The van der Waals surface area contributed by atoms with Crippen molar-refractivity contribution in [3.63, 3.8) is 0 Å². The molecule has 0 radical (unpaired) electrons. The zero-order valence-corrected chi connectivity index (χ0v) is 11.7.